The second-order valence-electron chi connectivity index (χ2n) is 6.26. The minimum Gasteiger partial charge on any atom is -0.457 e. The van der Waals surface area contributed by atoms with E-state index in [2.05, 4.69) is 49.7 Å². The maximum atomic E-state index is 9.49. The van der Waals surface area contributed by atoms with Crippen molar-refractivity contribution < 1.29 is 9.84 Å². The molecule has 2 rings (SSSR count). The Morgan fingerprint density at radius 1 is 1.05 bits per heavy atom. The number of halogens is 1. The molecule has 0 aliphatic rings. The van der Waals surface area contributed by atoms with E-state index in [0.717, 1.165) is 21.3 Å². The van der Waals surface area contributed by atoms with Crippen molar-refractivity contribution in [2.75, 3.05) is 0 Å². The molecule has 0 saturated carbocycles. The maximum absolute atomic E-state index is 9.49. The van der Waals surface area contributed by atoms with Gasteiger partial charge in [0, 0.05) is 15.6 Å². The largest absolute Gasteiger partial charge is 0.457 e. The zero-order valence-corrected chi connectivity index (χ0v) is 14.5. The summed E-state index contributed by atoms with van der Waals surface area (Å²) in [6, 6.07) is 11.9. The summed E-state index contributed by atoms with van der Waals surface area (Å²) in [6.07, 6.45) is 0. The van der Waals surface area contributed by atoms with E-state index in [1.165, 1.54) is 5.56 Å². The van der Waals surface area contributed by atoms with Crippen LogP contribution in [-0.4, -0.2) is 5.11 Å². The van der Waals surface area contributed by atoms with Gasteiger partial charge in [0.2, 0.25) is 0 Å². The van der Waals surface area contributed by atoms with Crippen molar-refractivity contribution >= 4 is 15.9 Å². The van der Waals surface area contributed by atoms with Crippen molar-refractivity contribution in [3.05, 3.63) is 57.6 Å². The van der Waals surface area contributed by atoms with Crippen LogP contribution in [0.2, 0.25) is 0 Å². The molecule has 0 bridgehead atoms. The predicted molar refractivity (Wildman–Crippen MR) is 90.0 cm³/mol. The van der Waals surface area contributed by atoms with E-state index in [-0.39, 0.29) is 12.0 Å². The van der Waals surface area contributed by atoms with Gasteiger partial charge < -0.3 is 9.84 Å². The lowest BCUT2D eigenvalue weighted by Gasteiger charge is -2.24. The van der Waals surface area contributed by atoms with Gasteiger partial charge >= 0.3 is 0 Å². The van der Waals surface area contributed by atoms with E-state index < -0.39 is 0 Å². The third-order valence-corrected chi connectivity index (χ3v) is 3.85. The van der Waals surface area contributed by atoms with Gasteiger partial charge in [-0.3, -0.25) is 0 Å². The molecule has 0 fully saturated rings. The molecule has 112 valence electrons. The van der Waals surface area contributed by atoms with Crippen LogP contribution in [0.5, 0.6) is 11.5 Å². The van der Waals surface area contributed by atoms with Crippen LogP contribution in [0, 0.1) is 6.92 Å². The molecule has 0 aliphatic heterocycles. The van der Waals surface area contributed by atoms with Crippen molar-refractivity contribution in [3.8, 4) is 11.5 Å². The standard InChI is InChI=1S/C18H21BrO2/c1-12-5-7-17(15(9-12)18(2,3)4)21-16-8-6-14(19)10-13(16)11-20/h5-10,20H,11H2,1-4H3. The fourth-order valence-electron chi connectivity index (χ4n) is 2.21. The molecule has 2 aromatic rings. The van der Waals surface area contributed by atoms with Gasteiger partial charge in [0.15, 0.2) is 0 Å². The average Bonchev–Trinajstić information content (AvgIpc) is 2.41. The monoisotopic (exact) mass is 348 g/mol. The highest BCUT2D eigenvalue weighted by atomic mass is 79.9. The Morgan fingerprint density at radius 2 is 1.71 bits per heavy atom. The van der Waals surface area contributed by atoms with Gasteiger partial charge in [0.25, 0.3) is 0 Å². The van der Waals surface area contributed by atoms with E-state index in [0.29, 0.717) is 5.75 Å². The fourth-order valence-corrected chi connectivity index (χ4v) is 2.62. The first-order valence-electron chi connectivity index (χ1n) is 6.99. The van der Waals surface area contributed by atoms with Crippen molar-refractivity contribution in [1.82, 2.24) is 0 Å². The summed E-state index contributed by atoms with van der Waals surface area (Å²) in [6.45, 7) is 8.54. The maximum Gasteiger partial charge on any atom is 0.133 e. The van der Waals surface area contributed by atoms with Crippen molar-refractivity contribution in [2.24, 2.45) is 0 Å². The van der Waals surface area contributed by atoms with Gasteiger partial charge in [-0.05, 0) is 36.6 Å². The zero-order valence-electron chi connectivity index (χ0n) is 12.9. The van der Waals surface area contributed by atoms with Gasteiger partial charge in [0.1, 0.15) is 11.5 Å². The highest BCUT2D eigenvalue weighted by Gasteiger charge is 2.20. The van der Waals surface area contributed by atoms with Gasteiger partial charge in [0.05, 0.1) is 6.61 Å². The number of aliphatic hydroxyl groups excluding tert-OH is 1. The Kier molecular flexibility index (Phi) is 4.74. The molecule has 21 heavy (non-hydrogen) atoms. The van der Waals surface area contributed by atoms with Crippen molar-refractivity contribution in [3.63, 3.8) is 0 Å². The molecule has 0 aromatic heterocycles. The van der Waals surface area contributed by atoms with E-state index in [9.17, 15) is 5.11 Å². The highest BCUT2D eigenvalue weighted by Crippen LogP contribution is 2.36. The number of ether oxygens (including phenoxy) is 1. The summed E-state index contributed by atoms with van der Waals surface area (Å²) < 4.78 is 7.02. The third kappa shape index (κ3) is 3.86. The molecular formula is C18H21BrO2. The summed E-state index contributed by atoms with van der Waals surface area (Å²) in [5, 5.41) is 9.49. The summed E-state index contributed by atoms with van der Waals surface area (Å²) in [5.74, 6) is 1.53. The second kappa shape index (κ2) is 6.20. The predicted octanol–water partition coefficient (Wildman–Crippen LogP) is 5.34. The van der Waals surface area contributed by atoms with Gasteiger partial charge in [-0.15, -0.1) is 0 Å². The smallest absolute Gasteiger partial charge is 0.133 e. The molecule has 0 unspecified atom stereocenters. The summed E-state index contributed by atoms with van der Waals surface area (Å²) in [5.41, 5.74) is 3.14. The van der Waals surface area contributed by atoms with Crippen molar-refractivity contribution in [2.45, 2.75) is 39.7 Å². The zero-order chi connectivity index (χ0) is 15.6. The molecule has 0 amide bonds. The molecule has 2 nitrogen and oxygen atoms in total. The Labute approximate surface area is 134 Å². The summed E-state index contributed by atoms with van der Waals surface area (Å²) in [4.78, 5) is 0. The quantitative estimate of drug-likeness (QED) is 0.811. The number of benzene rings is 2. The highest BCUT2D eigenvalue weighted by molar-refractivity contribution is 9.10. The van der Waals surface area contributed by atoms with Crippen LogP contribution in [0.3, 0.4) is 0 Å². The van der Waals surface area contributed by atoms with Gasteiger partial charge in [-0.2, -0.15) is 0 Å². The van der Waals surface area contributed by atoms with Crippen LogP contribution in [-0.2, 0) is 12.0 Å². The molecular weight excluding hydrogens is 328 g/mol. The Hall–Kier alpha value is -1.32. The molecule has 0 aliphatic carbocycles. The molecule has 1 N–H and O–H groups in total. The number of aryl methyl sites for hydroxylation is 1. The summed E-state index contributed by atoms with van der Waals surface area (Å²) in [7, 11) is 0. The average molecular weight is 349 g/mol. The molecule has 3 heteroatoms. The normalized spacial score (nSPS) is 11.5. The SMILES string of the molecule is Cc1ccc(Oc2ccc(Br)cc2CO)c(C(C)(C)C)c1. The van der Waals surface area contributed by atoms with Crippen molar-refractivity contribution in [1.29, 1.82) is 0 Å². The Morgan fingerprint density at radius 3 is 2.33 bits per heavy atom. The van der Waals surface area contributed by atoms with E-state index in [1.54, 1.807) is 0 Å². The molecule has 0 spiro atoms. The number of hydrogen-bond acceptors (Lipinski definition) is 2. The van der Waals surface area contributed by atoms with Crippen LogP contribution in [0.1, 0.15) is 37.5 Å². The molecule has 0 saturated heterocycles. The Bertz CT molecular complexity index is 642. The van der Waals surface area contributed by atoms with Crippen LogP contribution in [0.15, 0.2) is 40.9 Å². The minimum absolute atomic E-state index is 0.00387. The molecule has 0 heterocycles. The van der Waals surface area contributed by atoms with Crippen LogP contribution in [0.25, 0.3) is 0 Å². The number of hydrogen-bond donors (Lipinski definition) is 1. The number of rotatable bonds is 3. The van der Waals surface area contributed by atoms with Gasteiger partial charge in [-0.1, -0.05) is 54.4 Å². The minimum atomic E-state index is -0.0501. The molecule has 2 aromatic carbocycles. The molecule has 0 atom stereocenters. The number of aliphatic hydroxyl groups is 1. The summed E-state index contributed by atoms with van der Waals surface area (Å²) >= 11 is 3.41. The fraction of sp³-hybridized carbons (Fsp3) is 0.333. The lowest BCUT2D eigenvalue weighted by atomic mass is 9.85. The van der Waals surface area contributed by atoms with E-state index in [1.807, 2.05) is 30.3 Å². The second-order valence-corrected chi connectivity index (χ2v) is 7.18. The van der Waals surface area contributed by atoms with Gasteiger partial charge in [-0.25, -0.2) is 0 Å². The molecule has 0 radical (unpaired) electrons. The van der Waals surface area contributed by atoms with E-state index >= 15 is 0 Å². The lowest BCUT2D eigenvalue weighted by molar-refractivity contribution is 0.276. The Balaban J connectivity index is 2.45. The van der Waals surface area contributed by atoms with Crippen LogP contribution >= 0.6 is 15.9 Å². The lowest BCUT2D eigenvalue weighted by Crippen LogP contribution is -2.13. The third-order valence-electron chi connectivity index (χ3n) is 3.36. The first kappa shape index (κ1) is 16.1. The van der Waals surface area contributed by atoms with Crippen LogP contribution < -0.4 is 4.74 Å². The topological polar surface area (TPSA) is 29.5 Å². The first-order valence-corrected chi connectivity index (χ1v) is 7.79. The van der Waals surface area contributed by atoms with Crippen LogP contribution in [0.4, 0.5) is 0 Å². The first-order chi connectivity index (χ1) is 9.81. The van der Waals surface area contributed by atoms with E-state index in [4.69, 9.17) is 4.74 Å².